The molecule has 1 aromatic heterocycles. The summed E-state index contributed by atoms with van der Waals surface area (Å²) in [5.74, 6) is -1.01. The smallest absolute Gasteiger partial charge is 0.338 e. The third-order valence-electron chi connectivity index (χ3n) is 4.64. The third-order valence-corrected chi connectivity index (χ3v) is 4.64. The summed E-state index contributed by atoms with van der Waals surface area (Å²) in [6.45, 7) is 1.54. The van der Waals surface area contributed by atoms with E-state index >= 15 is 0 Å². The number of amides is 1. The zero-order chi connectivity index (χ0) is 21.6. The number of anilines is 1. The fraction of sp³-hybridized carbons (Fsp3) is 0.0870. The third kappa shape index (κ3) is 4.64. The Morgan fingerprint density at radius 2 is 1.65 bits per heavy atom. The Balaban J connectivity index is 1.42. The van der Waals surface area contributed by atoms with Gasteiger partial charge in [0.1, 0.15) is 6.33 Å². The van der Waals surface area contributed by atoms with Crippen LogP contribution in [0, 0.1) is 0 Å². The van der Waals surface area contributed by atoms with Gasteiger partial charge in [0, 0.05) is 11.3 Å². The lowest BCUT2D eigenvalue weighted by atomic mass is 10.0. The maximum absolute atomic E-state index is 12.7. The van der Waals surface area contributed by atoms with Crippen LogP contribution in [-0.4, -0.2) is 38.2 Å². The van der Waals surface area contributed by atoms with Crippen molar-refractivity contribution in [3.63, 3.8) is 0 Å². The Morgan fingerprint density at radius 1 is 0.935 bits per heavy atom. The van der Waals surface area contributed by atoms with Gasteiger partial charge < -0.3 is 10.1 Å². The van der Waals surface area contributed by atoms with Crippen LogP contribution in [-0.2, 0) is 9.53 Å². The number of carbonyl (C=O) groups is 2. The van der Waals surface area contributed by atoms with Crippen molar-refractivity contribution in [3.8, 4) is 16.8 Å². The predicted molar refractivity (Wildman–Crippen MR) is 115 cm³/mol. The minimum Gasteiger partial charge on any atom is -0.449 e. The van der Waals surface area contributed by atoms with E-state index in [1.54, 1.807) is 24.3 Å². The predicted octanol–water partition coefficient (Wildman–Crippen LogP) is 3.51. The summed E-state index contributed by atoms with van der Waals surface area (Å²) < 4.78 is 6.82. The minimum atomic E-state index is -0.976. The normalized spacial score (nSPS) is 11.5. The first-order valence-electron chi connectivity index (χ1n) is 9.61. The molecule has 3 aromatic carbocycles. The summed E-state index contributed by atoms with van der Waals surface area (Å²) in [4.78, 5) is 25.1. The van der Waals surface area contributed by atoms with Crippen molar-refractivity contribution in [1.82, 2.24) is 20.2 Å². The molecule has 0 spiro atoms. The lowest BCUT2D eigenvalue weighted by molar-refractivity contribution is -0.123. The minimum absolute atomic E-state index is 0.321. The fourth-order valence-corrected chi connectivity index (χ4v) is 3.01. The Hall–Kier alpha value is -4.33. The summed E-state index contributed by atoms with van der Waals surface area (Å²) in [5, 5.41) is 13.8. The lowest BCUT2D eigenvalue weighted by Crippen LogP contribution is -2.30. The zero-order valence-corrected chi connectivity index (χ0v) is 16.7. The number of esters is 1. The molecule has 0 unspecified atom stereocenters. The van der Waals surface area contributed by atoms with Crippen LogP contribution in [0.15, 0.2) is 85.2 Å². The molecule has 0 aliphatic carbocycles. The molecule has 0 aliphatic rings. The maximum Gasteiger partial charge on any atom is 0.338 e. The van der Waals surface area contributed by atoms with Crippen LogP contribution >= 0.6 is 0 Å². The second-order valence-electron chi connectivity index (χ2n) is 6.75. The summed E-state index contributed by atoms with van der Waals surface area (Å²) in [6.07, 6.45) is 0.475. The number of benzene rings is 3. The molecular weight excluding hydrogens is 394 g/mol. The molecule has 1 atom stereocenters. The van der Waals surface area contributed by atoms with Crippen molar-refractivity contribution in [3.05, 3.63) is 90.8 Å². The number of carbonyl (C=O) groups excluding carboxylic acids is 2. The number of nitrogens with zero attached hydrogens (tertiary/aromatic N) is 4. The van der Waals surface area contributed by atoms with E-state index < -0.39 is 18.0 Å². The highest BCUT2D eigenvalue weighted by Gasteiger charge is 2.20. The van der Waals surface area contributed by atoms with Gasteiger partial charge in [-0.1, -0.05) is 48.5 Å². The van der Waals surface area contributed by atoms with E-state index in [2.05, 4.69) is 20.8 Å². The fourth-order valence-electron chi connectivity index (χ4n) is 3.01. The lowest BCUT2D eigenvalue weighted by Gasteiger charge is -2.16. The first-order valence-corrected chi connectivity index (χ1v) is 9.61. The molecule has 8 nitrogen and oxygen atoms in total. The van der Waals surface area contributed by atoms with E-state index in [-0.39, 0.29) is 0 Å². The summed E-state index contributed by atoms with van der Waals surface area (Å²) in [6, 6.07) is 23.8. The average molecular weight is 413 g/mol. The van der Waals surface area contributed by atoms with Crippen molar-refractivity contribution in [1.29, 1.82) is 0 Å². The quantitative estimate of drug-likeness (QED) is 0.486. The van der Waals surface area contributed by atoms with Gasteiger partial charge in [-0.2, -0.15) is 0 Å². The van der Waals surface area contributed by atoms with Crippen LogP contribution in [0.1, 0.15) is 17.3 Å². The molecule has 0 bridgehead atoms. The molecule has 4 rings (SSSR count). The number of ether oxygens (including phenoxy) is 1. The van der Waals surface area contributed by atoms with Crippen LogP contribution in [0.4, 0.5) is 5.69 Å². The molecule has 0 fully saturated rings. The summed E-state index contributed by atoms with van der Waals surface area (Å²) in [5.41, 5.74) is 3.53. The topological polar surface area (TPSA) is 99.0 Å². The van der Waals surface area contributed by atoms with Gasteiger partial charge in [-0.05, 0) is 53.2 Å². The number of nitrogens with one attached hydrogen (secondary N) is 1. The Labute approximate surface area is 178 Å². The Kier molecular flexibility index (Phi) is 5.79. The van der Waals surface area contributed by atoms with Gasteiger partial charge in [0.25, 0.3) is 5.91 Å². The molecule has 0 aliphatic heterocycles. The highest BCUT2D eigenvalue weighted by molar-refractivity contribution is 6.00. The molecule has 1 amide bonds. The molecule has 1 heterocycles. The summed E-state index contributed by atoms with van der Waals surface area (Å²) in [7, 11) is 0. The highest BCUT2D eigenvalue weighted by atomic mass is 16.5. The van der Waals surface area contributed by atoms with E-state index in [9.17, 15) is 9.59 Å². The second kappa shape index (κ2) is 9.00. The number of para-hydroxylation sites is 1. The van der Waals surface area contributed by atoms with Gasteiger partial charge in [0.2, 0.25) is 0 Å². The molecular formula is C23H19N5O3. The molecule has 154 valence electrons. The van der Waals surface area contributed by atoms with E-state index in [0.717, 1.165) is 11.1 Å². The first-order chi connectivity index (χ1) is 15.1. The number of hydrogen-bond acceptors (Lipinski definition) is 6. The number of aromatic nitrogens is 4. The van der Waals surface area contributed by atoms with Gasteiger partial charge in [0.15, 0.2) is 6.10 Å². The van der Waals surface area contributed by atoms with E-state index in [4.69, 9.17) is 4.74 Å². The molecule has 4 aromatic rings. The Morgan fingerprint density at radius 3 is 2.35 bits per heavy atom. The van der Waals surface area contributed by atoms with Crippen LogP contribution in [0.25, 0.3) is 16.8 Å². The monoisotopic (exact) mass is 413 g/mol. The van der Waals surface area contributed by atoms with E-state index in [1.165, 1.54) is 17.9 Å². The van der Waals surface area contributed by atoms with Crippen molar-refractivity contribution < 1.29 is 14.3 Å². The first kappa shape index (κ1) is 20.0. The molecule has 8 heteroatoms. The molecule has 0 saturated heterocycles. The van der Waals surface area contributed by atoms with Gasteiger partial charge in [-0.25, -0.2) is 9.48 Å². The largest absolute Gasteiger partial charge is 0.449 e. The van der Waals surface area contributed by atoms with Crippen LogP contribution in [0.3, 0.4) is 0 Å². The Bertz CT molecular complexity index is 1180. The van der Waals surface area contributed by atoms with E-state index in [1.807, 2.05) is 54.6 Å². The van der Waals surface area contributed by atoms with Gasteiger partial charge in [0.05, 0.1) is 11.3 Å². The van der Waals surface area contributed by atoms with Crippen LogP contribution in [0.2, 0.25) is 0 Å². The zero-order valence-electron chi connectivity index (χ0n) is 16.7. The average Bonchev–Trinajstić information content (AvgIpc) is 3.35. The van der Waals surface area contributed by atoms with Gasteiger partial charge in [-0.15, -0.1) is 5.10 Å². The van der Waals surface area contributed by atoms with Crippen molar-refractivity contribution in [2.45, 2.75) is 13.0 Å². The van der Waals surface area contributed by atoms with Gasteiger partial charge >= 0.3 is 5.97 Å². The van der Waals surface area contributed by atoms with Crippen LogP contribution < -0.4 is 5.32 Å². The SMILES string of the molecule is C[C@@H](OC(=O)c1ccc(-n2cnnn2)cc1)C(=O)Nc1ccccc1-c1ccccc1. The van der Waals surface area contributed by atoms with Crippen LogP contribution in [0.5, 0.6) is 0 Å². The molecule has 0 saturated carbocycles. The second-order valence-corrected chi connectivity index (χ2v) is 6.75. The highest BCUT2D eigenvalue weighted by Crippen LogP contribution is 2.27. The summed E-state index contributed by atoms with van der Waals surface area (Å²) >= 11 is 0. The van der Waals surface area contributed by atoms with Crippen molar-refractivity contribution >= 4 is 17.6 Å². The van der Waals surface area contributed by atoms with Crippen molar-refractivity contribution in [2.24, 2.45) is 0 Å². The number of rotatable bonds is 6. The molecule has 31 heavy (non-hydrogen) atoms. The number of hydrogen-bond donors (Lipinski definition) is 1. The van der Waals surface area contributed by atoms with Gasteiger partial charge in [-0.3, -0.25) is 4.79 Å². The van der Waals surface area contributed by atoms with Crippen molar-refractivity contribution in [2.75, 3.05) is 5.32 Å². The van der Waals surface area contributed by atoms with E-state index in [0.29, 0.717) is 16.9 Å². The standard InChI is InChI=1S/C23H19N5O3/c1-16(31-23(30)18-11-13-19(14-12-18)28-15-24-26-27-28)22(29)25-21-10-6-5-9-20(21)17-7-3-2-4-8-17/h2-16H,1H3,(H,25,29)/t16-/m1/s1. The molecule has 0 radical (unpaired) electrons. The molecule has 1 N–H and O–H groups in total. The maximum atomic E-state index is 12.7. The number of tetrazole rings is 1.